The van der Waals surface area contributed by atoms with Gasteiger partial charge in [-0.05, 0) is 37.2 Å². The average molecular weight is 238 g/mol. The van der Waals surface area contributed by atoms with E-state index in [1.807, 2.05) is 0 Å². The Morgan fingerprint density at radius 3 is 2.76 bits per heavy atom. The molecule has 2 rings (SSSR count). The minimum Gasteiger partial charge on any atom is -0.449 e. The van der Waals surface area contributed by atoms with Crippen molar-refractivity contribution in [1.29, 1.82) is 0 Å². The van der Waals surface area contributed by atoms with Gasteiger partial charge in [0.25, 0.3) is 0 Å². The first kappa shape index (κ1) is 11.9. The van der Waals surface area contributed by atoms with Crippen molar-refractivity contribution in [2.24, 2.45) is 5.73 Å². The molecule has 0 bridgehead atoms. The summed E-state index contributed by atoms with van der Waals surface area (Å²) in [5, 5.41) is 0. The summed E-state index contributed by atoms with van der Waals surface area (Å²) < 4.78 is 17.8. The molecular weight excluding hydrogens is 223 g/mol. The lowest BCUT2D eigenvalue weighted by atomic mass is 10.1. The van der Waals surface area contributed by atoms with Gasteiger partial charge in [-0.3, -0.25) is 4.90 Å². The number of nitrogens with zero attached hydrogens (tertiary/aromatic N) is 1. The highest BCUT2D eigenvalue weighted by Gasteiger charge is 2.30. The zero-order chi connectivity index (χ0) is 12.3. The molecule has 0 aromatic heterocycles. The average Bonchev–Trinajstić information content (AvgIpc) is 2.32. The summed E-state index contributed by atoms with van der Waals surface area (Å²) in [6, 6.07) is 5.84. The van der Waals surface area contributed by atoms with Crippen molar-refractivity contribution >= 4 is 11.8 Å². The number of amides is 1. The quantitative estimate of drug-likeness (QED) is 0.874. The molecule has 92 valence electrons. The first-order valence-electron chi connectivity index (χ1n) is 5.64. The molecule has 0 saturated carbocycles. The van der Waals surface area contributed by atoms with Crippen molar-refractivity contribution in [2.75, 3.05) is 18.1 Å². The highest BCUT2D eigenvalue weighted by atomic mass is 19.1. The predicted octanol–water partition coefficient (Wildman–Crippen LogP) is 1.89. The lowest BCUT2D eigenvalue weighted by Crippen LogP contribution is -2.46. The lowest BCUT2D eigenvalue weighted by Gasteiger charge is -2.34. The molecule has 5 heteroatoms. The number of carbonyl (C=O) groups is 1. The molecule has 0 aliphatic carbocycles. The molecule has 1 fully saturated rings. The first-order chi connectivity index (χ1) is 8.22. The zero-order valence-electron chi connectivity index (χ0n) is 9.43. The third-order valence-electron chi connectivity index (χ3n) is 2.84. The Bertz CT molecular complexity index is 392. The van der Waals surface area contributed by atoms with Gasteiger partial charge < -0.3 is 10.5 Å². The van der Waals surface area contributed by atoms with Crippen molar-refractivity contribution in [3.05, 3.63) is 30.1 Å². The van der Waals surface area contributed by atoms with Crippen molar-refractivity contribution in [3.63, 3.8) is 0 Å². The zero-order valence-corrected chi connectivity index (χ0v) is 9.43. The number of hydrogen-bond donors (Lipinski definition) is 1. The molecule has 1 aliphatic rings. The van der Waals surface area contributed by atoms with Crippen LogP contribution in [0.4, 0.5) is 14.9 Å². The molecular formula is C12H15FN2O2. The molecule has 1 saturated heterocycles. The highest BCUT2D eigenvalue weighted by molar-refractivity contribution is 5.88. The van der Waals surface area contributed by atoms with E-state index in [0.29, 0.717) is 25.3 Å². The number of hydrogen-bond acceptors (Lipinski definition) is 3. The van der Waals surface area contributed by atoms with Gasteiger partial charge >= 0.3 is 6.09 Å². The Balaban J connectivity index is 2.24. The molecule has 1 heterocycles. The van der Waals surface area contributed by atoms with Crippen LogP contribution in [0.1, 0.15) is 12.8 Å². The fraction of sp³-hybridized carbons (Fsp3) is 0.417. The maximum Gasteiger partial charge on any atom is 0.414 e. The fourth-order valence-electron chi connectivity index (χ4n) is 2.01. The number of cyclic esters (lactones) is 1. The lowest BCUT2D eigenvalue weighted by molar-refractivity contribution is 0.128. The van der Waals surface area contributed by atoms with E-state index >= 15 is 0 Å². The van der Waals surface area contributed by atoms with Crippen LogP contribution in [0.15, 0.2) is 24.3 Å². The van der Waals surface area contributed by atoms with Crippen LogP contribution in [-0.4, -0.2) is 25.3 Å². The van der Waals surface area contributed by atoms with Gasteiger partial charge in [0.1, 0.15) is 5.82 Å². The van der Waals surface area contributed by atoms with Crippen molar-refractivity contribution in [2.45, 2.75) is 18.9 Å². The third kappa shape index (κ3) is 2.55. The number of rotatable bonds is 3. The molecule has 1 unspecified atom stereocenters. The van der Waals surface area contributed by atoms with E-state index in [-0.39, 0.29) is 18.0 Å². The van der Waals surface area contributed by atoms with Crippen LogP contribution in [0.2, 0.25) is 0 Å². The molecule has 1 aliphatic heterocycles. The van der Waals surface area contributed by atoms with Crippen molar-refractivity contribution < 1.29 is 13.9 Å². The summed E-state index contributed by atoms with van der Waals surface area (Å²) in [6.45, 7) is 0.927. The topological polar surface area (TPSA) is 55.6 Å². The van der Waals surface area contributed by atoms with Crippen LogP contribution in [0.5, 0.6) is 0 Å². The van der Waals surface area contributed by atoms with Crippen LogP contribution in [-0.2, 0) is 4.74 Å². The van der Waals surface area contributed by atoms with Crippen LogP contribution >= 0.6 is 0 Å². The third-order valence-corrected chi connectivity index (χ3v) is 2.84. The maximum atomic E-state index is 12.8. The van der Waals surface area contributed by atoms with Crippen LogP contribution in [0.3, 0.4) is 0 Å². The van der Waals surface area contributed by atoms with E-state index in [1.54, 1.807) is 17.0 Å². The minimum atomic E-state index is -0.388. The van der Waals surface area contributed by atoms with Gasteiger partial charge in [-0.1, -0.05) is 0 Å². The standard InChI is InChI=1S/C12H15FN2O2/c13-9-1-3-10(4-2-9)15-11(5-7-14)6-8-17-12(15)16/h1-4,11H,5-8,14H2. The normalized spacial score (nSPS) is 20.2. The second-order valence-electron chi connectivity index (χ2n) is 3.98. The second kappa shape index (κ2) is 5.14. The molecule has 1 amide bonds. The number of anilines is 1. The summed E-state index contributed by atoms with van der Waals surface area (Å²) in [6.07, 6.45) is 1.08. The predicted molar refractivity (Wildman–Crippen MR) is 62.3 cm³/mol. The van der Waals surface area contributed by atoms with Crippen LogP contribution in [0, 0.1) is 5.82 Å². The Hall–Kier alpha value is -1.62. The largest absolute Gasteiger partial charge is 0.449 e. The summed E-state index contributed by atoms with van der Waals surface area (Å²) >= 11 is 0. The molecule has 17 heavy (non-hydrogen) atoms. The van der Waals surface area contributed by atoms with E-state index < -0.39 is 0 Å². The fourth-order valence-corrected chi connectivity index (χ4v) is 2.01. The van der Waals surface area contributed by atoms with Gasteiger partial charge in [0.15, 0.2) is 0 Å². The summed E-state index contributed by atoms with van der Waals surface area (Å²) in [4.78, 5) is 13.3. The first-order valence-corrected chi connectivity index (χ1v) is 5.64. The summed E-state index contributed by atoms with van der Waals surface area (Å²) in [7, 11) is 0. The number of halogens is 1. The molecule has 0 spiro atoms. The monoisotopic (exact) mass is 238 g/mol. The van der Waals surface area contributed by atoms with Gasteiger partial charge in [0, 0.05) is 18.2 Å². The summed E-state index contributed by atoms with van der Waals surface area (Å²) in [5.74, 6) is -0.325. The molecule has 1 aromatic rings. The Labute approximate surface area is 99.2 Å². The van der Waals surface area contributed by atoms with Crippen molar-refractivity contribution in [3.8, 4) is 0 Å². The molecule has 2 N–H and O–H groups in total. The van der Waals surface area contributed by atoms with E-state index in [1.165, 1.54) is 12.1 Å². The number of carbonyl (C=O) groups excluding carboxylic acids is 1. The molecule has 0 radical (unpaired) electrons. The summed E-state index contributed by atoms with van der Waals surface area (Å²) in [5.41, 5.74) is 6.18. The van der Waals surface area contributed by atoms with Crippen molar-refractivity contribution in [1.82, 2.24) is 0 Å². The maximum absolute atomic E-state index is 12.8. The van der Waals surface area contributed by atoms with Gasteiger partial charge in [-0.15, -0.1) is 0 Å². The van der Waals surface area contributed by atoms with Gasteiger partial charge in [-0.25, -0.2) is 9.18 Å². The molecule has 1 aromatic carbocycles. The second-order valence-corrected chi connectivity index (χ2v) is 3.98. The van der Waals surface area contributed by atoms with Gasteiger partial charge in [0.05, 0.1) is 6.61 Å². The molecule has 4 nitrogen and oxygen atoms in total. The number of ether oxygens (including phenoxy) is 1. The van der Waals surface area contributed by atoms with Gasteiger partial charge in [0.2, 0.25) is 0 Å². The number of benzene rings is 1. The Morgan fingerprint density at radius 2 is 2.12 bits per heavy atom. The number of nitrogens with two attached hydrogens (primary N) is 1. The highest BCUT2D eigenvalue weighted by Crippen LogP contribution is 2.24. The molecule has 1 atom stereocenters. The SMILES string of the molecule is NCCC1CCOC(=O)N1c1ccc(F)cc1. The van der Waals surface area contributed by atoms with Gasteiger partial charge in [-0.2, -0.15) is 0 Å². The minimum absolute atomic E-state index is 0.0340. The Morgan fingerprint density at radius 1 is 1.41 bits per heavy atom. The van der Waals surface area contributed by atoms with Crippen LogP contribution < -0.4 is 10.6 Å². The van der Waals surface area contributed by atoms with E-state index in [9.17, 15) is 9.18 Å². The van der Waals surface area contributed by atoms with Crippen LogP contribution in [0.25, 0.3) is 0 Å². The smallest absolute Gasteiger partial charge is 0.414 e. The van der Waals surface area contributed by atoms with E-state index in [0.717, 1.165) is 6.42 Å². The van der Waals surface area contributed by atoms with E-state index in [2.05, 4.69) is 0 Å². The Kier molecular flexibility index (Phi) is 3.58. The van der Waals surface area contributed by atoms with E-state index in [4.69, 9.17) is 10.5 Å².